The molecule has 0 amide bonds. The molecule has 0 saturated heterocycles. The van der Waals surface area contributed by atoms with E-state index in [1.165, 1.54) is 11.9 Å². The lowest BCUT2D eigenvalue weighted by molar-refractivity contribution is -0.142. The molecule has 0 aliphatic rings. The van der Waals surface area contributed by atoms with Crippen molar-refractivity contribution >= 4 is 29.9 Å². The maximum absolute atomic E-state index is 12.1. The number of rotatable bonds is 6. The van der Waals surface area contributed by atoms with Crippen LogP contribution in [0.25, 0.3) is 0 Å². The Kier molecular flexibility index (Phi) is 11.7. The highest BCUT2D eigenvalue weighted by atomic mass is 127. The molecule has 0 heterocycles. The molecule has 0 fully saturated rings. The number of hydrogen-bond acceptors (Lipinski definition) is 2. The fourth-order valence-electron chi connectivity index (χ4n) is 1.28. The van der Waals surface area contributed by atoms with Gasteiger partial charge in [-0.25, -0.2) is 0 Å². The molecule has 19 heavy (non-hydrogen) atoms. The molecule has 4 nitrogen and oxygen atoms in total. The first-order chi connectivity index (χ1) is 8.28. The zero-order valence-electron chi connectivity index (χ0n) is 11.8. The van der Waals surface area contributed by atoms with Crippen LogP contribution in [0.1, 0.15) is 20.3 Å². The van der Waals surface area contributed by atoms with E-state index in [9.17, 15) is 13.2 Å². The SMILES string of the molecule is CCC(C)NC(=NC)NCCN(C)CC(F)(F)F.I. The summed E-state index contributed by atoms with van der Waals surface area (Å²) >= 11 is 0. The van der Waals surface area contributed by atoms with Crippen LogP contribution in [0.2, 0.25) is 0 Å². The van der Waals surface area contributed by atoms with Crippen molar-refractivity contribution in [1.29, 1.82) is 0 Å². The Balaban J connectivity index is 0. The van der Waals surface area contributed by atoms with Gasteiger partial charge in [0.2, 0.25) is 0 Å². The summed E-state index contributed by atoms with van der Waals surface area (Å²) in [6, 6.07) is 0.282. The molecule has 0 rings (SSSR count). The number of guanidine groups is 1. The highest BCUT2D eigenvalue weighted by Gasteiger charge is 2.28. The topological polar surface area (TPSA) is 39.7 Å². The monoisotopic (exact) mass is 396 g/mol. The van der Waals surface area contributed by atoms with Gasteiger partial charge in [0.25, 0.3) is 0 Å². The number of alkyl halides is 3. The van der Waals surface area contributed by atoms with Crippen LogP contribution in [-0.2, 0) is 0 Å². The van der Waals surface area contributed by atoms with Crippen molar-refractivity contribution < 1.29 is 13.2 Å². The average Bonchev–Trinajstić information content (AvgIpc) is 2.24. The highest BCUT2D eigenvalue weighted by Crippen LogP contribution is 2.14. The largest absolute Gasteiger partial charge is 0.401 e. The molecule has 0 saturated carbocycles. The maximum Gasteiger partial charge on any atom is 0.401 e. The van der Waals surface area contributed by atoms with Crippen molar-refractivity contribution in [1.82, 2.24) is 15.5 Å². The number of likely N-dealkylation sites (N-methyl/N-ethyl adjacent to an activating group) is 1. The molecule has 0 radical (unpaired) electrons. The minimum atomic E-state index is -4.15. The molecule has 0 spiro atoms. The van der Waals surface area contributed by atoms with Gasteiger partial charge in [0.15, 0.2) is 5.96 Å². The van der Waals surface area contributed by atoms with E-state index in [4.69, 9.17) is 0 Å². The first kappa shape index (κ1) is 21.1. The molecule has 1 unspecified atom stereocenters. The zero-order chi connectivity index (χ0) is 14.2. The van der Waals surface area contributed by atoms with Crippen molar-refractivity contribution in [2.45, 2.75) is 32.5 Å². The average molecular weight is 396 g/mol. The lowest BCUT2D eigenvalue weighted by atomic mass is 10.3. The smallest absolute Gasteiger partial charge is 0.355 e. The molecular formula is C11H24F3IN4. The third kappa shape index (κ3) is 12.5. The second kappa shape index (κ2) is 10.5. The molecule has 116 valence electrons. The van der Waals surface area contributed by atoms with E-state index in [1.54, 1.807) is 7.05 Å². The molecule has 8 heteroatoms. The second-order valence-electron chi connectivity index (χ2n) is 4.31. The minimum absolute atomic E-state index is 0. The van der Waals surface area contributed by atoms with Crippen molar-refractivity contribution in [3.05, 3.63) is 0 Å². The maximum atomic E-state index is 12.1. The summed E-state index contributed by atoms with van der Waals surface area (Å²) in [5, 5.41) is 6.12. The number of nitrogens with zero attached hydrogens (tertiary/aromatic N) is 2. The third-order valence-electron chi connectivity index (χ3n) is 2.45. The van der Waals surface area contributed by atoms with E-state index in [1.807, 2.05) is 13.8 Å². The summed E-state index contributed by atoms with van der Waals surface area (Å²) in [6.45, 7) is 3.89. The number of aliphatic imine (C=N–C) groups is 1. The molecule has 2 N–H and O–H groups in total. The van der Waals surface area contributed by atoms with Crippen molar-refractivity contribution in [3.8, 4) is 0 Å². The fourth-order valence-corrected chi connectivity index (χ4v) is 1.28. The summed E-state index contributed by atoms with van der Waals surface area (Å²) in [7, 11) is 3.08. The molecular weight excluding hydrogens is 372 g/mol. The van der Waals surface area contributed by atoms with Gasteiger partial charge in [-0.3, -0.25) is 9.89 Å². The number of halogens is 4. The second-order valence-corrected chi connectivity index (χ2v) is 4.31. The fraction of sp³-hybridized carbons (Fsp3) is 0.909. The van der Waals surface area contributed by atoms with E-state index in [0.717, 1.165) is 6.42 Å². The van der Waals surface area contributed by atoms with Gasteiger partial charge >= 0.3 is 6.18 Å². The summed E-state index contributed by atoms with van der Waals surface area (Å²) in [5.41, 5.74) is 0. The normalized spacial score (nSPS) is 14.0. The van der Waals surface area contributed by atoms with E-state index in [2.05, 4.69) is 15.6 Å². The van der Waals surface area contributed by atoms with Crippen molar-refractivity contribution in [3.63, 3.8) is 0 Å². The Hall–Kier alpha value is -0.250. The molecule has 0 aliphatic heterocycles. The molecule has 0 aromatic heterocycles. The van der Waals surface area contributed by atoms with Crippen LogP contribution in [0, 0.1) is 0 Å². The Morgan fingerprint density at radius 3 is 2.37 bits per heavy atom. The van der Waals surface area contributed by atoms with Gasteiger partial charge < -0.3 is 10.6 Å². The van der Waals surface area contributed by atoms with Crippen LogP contribution in [0.15, 0.2) is 4.99 Å². The Bertz CT molecular complexity index is 259. The number of nitrogens with one attached hydrogen (secondary N) is 2. The predicted octanol–water partition coefficient (Wildman–Crippen LogP) is 2.06. The molecule has 0 bridgehead atoms. The van der Waals surface area contributed by atoms with Crippen LogP contribution in [0.4, 0.5) is 13.2 Å². The molecule has 0 aromatic carbocycles. The van der Waals surface area contributed by atoms with Gasteiger partial charge in [0, 0.05) is 26.2 Å². The van der Waals surface area contributed by atoms with Crippen LogP contribution in [0.5, 0.6) is 0 Å². The quantitative estimate of drug-likeness (QED) is 0.410. The van der Waals surface area contributed by atoms with Gasteiger partial charge in [-0.2, -0.15) is 13.2 Å². The van der Waals surface area contributed by atoms with Crippen molar-refractivity contribution in [2.24, 2.45) is 4.99 Å². The first-order valence-electron chi connectivity index (χ1n) is 6.01. The summed E-state index contributed by atoms with van der Waals surface area (Å²) in [5.74, 6) is 0.616. The zero-order valence-corrected chi connectivity index (χ0v) is 14.2. The predicted molar refractivity (Wildman–Crippen MR) is 83.2 cm³/mol. The van der Waals surface area contributed by atoms with E-state index < -0.39 is 12.7 Å². The van der Waals surface area contributed by atoms with Gasteiger partial charge in [-0.1, -0.05) is 6.92 Å². The lowest BCUT2D eigenvalue weighted by Gasteiger charge is -2.20. The Morgan fingerprint density at radius 2 is 1.95 bits per heavy atom. The van der Waals surface area contributed by atoms with E-state index >= 15 is 0 Å². The molecule has 1 atom stereocenters. The van der Waals surface area contributed by atoms with Crippen LogP contribution in [-0.4, -0.2) is 56.8 Å². The van der Waals surface area contributed by atoms with E-state index in [0.29, 0.717) is 19.0 Å². The van der Waals surface area contributed by atoms with Crippen LogP contribution >= 0.6 is 24.0 Å². The van der Waals surface area contributed by atoms with Gasteiger partial charge in [-0.15, -0.1) is 24.0 Å². The standard InChI is InChI=1S/C11H23F3N4.HI/c1-5-9(2)17-10(15-3)16-6-7-18(4)8-11(12,13)14;/h9H,5-8H2,1-4H3,(H2,15,16,17);1H. The summed E-state index contributed by atoms with van der Waals surface area (Å²) < 4.78 is 36.2. The van der Waals surface area contributed by atoms with Gasteiger partial charge in [0.1, 0.15) is 0 Å². The third-order valence-corrected chi connectivity index (χ3v) is 2.45. The molecule has 0 aromatic rings. The summed E-state index contributed by atoms with van der Waals surface area (Å²) in [6.07, 6.45) is -3.19. The van der Waals surface area contributed by atoms with Crippen LogP contribution < -0.4 is 10.6 Å². The van der Waals surface area contributed by atoms with Gasteiger partial charge in [-0.05, 0) is 20.4 Å². The van der Waals surface area contributed by atoms with E-state index in [-0.39, 0.29) is 30.0 Å². The lowest BCUT2D eigenvalue weighted by Crippen LogP contribution is -2.45. The minimum Gasteiger partial charge on any atom is -0.355 e. The summed E-state index contributed by atoms with van der Waals surface area (Å²) in [4.78, 5) is 5.23. The first-order valence-corrected chi connectivity index (χ1v) is 6.01. The van der Waals surface area contributed by atoms with Crippen LogP contribution in [0.3, 0.4) is 0 Å². The number of hydrogen-bond donors (Lipinski definition) is 2. The van der Waals surface area contributed by atoms with Crippen molar-refractivity contribution in [2.75, 3.05) is 33.7 Å². The highest BCUT2D eigenvalue weighted by molar-refractivity contribution is 14.0. The Morgan fingerprint density at radius 1 is 1.37 bits per heavy atom. The molecule has 0 aliphatic carbocycles. The van der Waals surface area contributed by atoms with Gasteiger partial charge in [0.05, 0.1) is 6.54 Å². The Labute approximate surface area is 130 Å².